The first-order chi connectivity index (χ1) is 12.1. The van der Waals surface area contributed by atoms with Gasteiger partial charge in [-0.3, -0.25) is 4.79 Å². The minimum absolute atomic E-state index is 0.193. The second-order valence-electron chi connectivity index (χ2n) is 5.43. The molecule has 0 bridgehead atoms. The lowest BCUT2D eigenvalue weighted by Crippen LogP contribution is -2.23. The Balaban J connectivity index is 1.72. The maximum atomic E-state index is 12.4. The van der Waals surface area contributed by atoms with Crippen molar-refractivity contribution in [2.45, 2.75) is 13.5 Å². The number of hydrogen-bond acceptors (Lipinski definition) is 4. The lowest BCUT2D eigenvalue weighted by Gasteiger charge is -2.07. The van der Waals surface area contributed by atoms with Crippen LogP contribution in [0.2, 0.25) is 5.02 Å². The van der Waals surface area contributed by atoms with Crippen LogP contribution in [0.15, 0.2) is 48.8 Å². The van der Waals surface area contributed by atoms with Gasteiger partial charge in [-0.15, -0.1) is 0 Å². The number of halogens is 1. The molecular weight excluding hydrogens is 340 g/mol. The van der Waals surface area contributed by atoms with Crippen LogP contribution in [0.3, 0.4) is 0 Å². The molecule has 0 spiro atoms. The van der Waals surface area contributed by atoms with Crippen molar-refractivity contribution in [1.29, 1.82) is 0 Å². The maximum absolute atomic E-state index is 12.4. The summed E-state index contributed by atoms with van der Waals surface area (Å²) < 4.78 is 6.70. The number of carbonyl (C=O) groups excluding carboxylic acids is 1. The Morgan fingerprint density at radius 1 is 1.28 bits per heavy atom. The molecule has 1 aromatic carbocycles. The van der Waals surface area contributed by atoms with Crippen LogP contribution in [-0.4, -0.2) is 27.8 Å². The fourth-order valence-electron chi connectivity index (χ4n) is 2.41. The zero-order valence-corrected chi connectivity index (χ0v) is 14.6. The average Bonchev–Trinajstić information content (AvgIpc) is 3.01. The molecule has 1 amide bonds. The number of pyridine rings is 1. The van der Waals surface area contributed by atoms with Gasteiger partial charge in [0.15, 0.2) is 0 Å². The monoisotopic (exact) mass is 356 g/mol. The largest absolute Gasteiger partial charge is 0.481 e. The Morgan fingerprint density at radius 2 is 2.12 bits per heavy atom. The Kier molecular flexibility index (Phi) is 5.00. The van der Waals surface area contributed by atoms with Gasteiger partial charge in [-0.05, 0) is 30.7 Å². The predicted octanol–water partition coefficient (Wildman–Crippen LogP) is 3.17. The quantitative estimate of drug-likeness (QED) is 0.762. The highest BCUT2D eigenvalue weighted by atomic mass is 35.5. The summed E-state index contributed by atoms with van der Waals surface area (Å²) in [5.74, 6) is 0.343. The third kappa shape index (κ3) is 3.80. The molecule has 0 fully saturated rings. The predicted molar refractivity (Wildman–Crippen MR) is 95.3 cm³/mol. The fraction of sp³-hybridized carbons (Fsp3) is 0.167. The van der Waals surface area contributed by atoms with Crippen molar-refractivity contribution in [3.05, 3.63) is 70.6 Å². The van der Waals surface area contributed by atoms with Gasteiger partial charge in [0.05, 0.1) is 30.3 Å². The number of carbonyl (C=O) groups is 1. The highest BCUT2D eigenvalue weighted by Crippen LogP contribution is 2.18. The van der Waals surface area contributed by atoms with E-state index < -0.39 is 0 Å². The number of amides is 1. The van der Waals surface area contributed by atoms with Crippen LogP contribution in [-0.2, 0) is 6.54 Å². The molecular formula is C18H17ClN4O2. The van der Waals surface area contributed by atoms with E-state index in [9.17, 15) is 4.79 Å². The highest BCUT2D eigenvalue weighted by molar-refractivity contribution is 6.30. The van der Waals surface area contributed by atoms with Gasteiger partial charge in [0.1, 0.15) is 0 Å². The van der Waals surface area contributed by atoms with E-state index in [0.717, 1.165) is 16.9 Å². The van der Waals surface area contributed by atoms with Crippen molar-refractivity contribution in [2.24, 2.45) is 0 Å². The molecule has 25 heavy (non-hydrogen) atoms. The lowest BCUT2D eigenvalue weighted by molar-refractivity contribution is 0.0950. The molecule has 6 nitrogen and oxygen atoms in total. The van der Waals surface area contributed by atoms with Gasteiger partial charge >= 0.3 is 0 Å². The van der Waals surface area contributed by atoms with Crippen LogP contribution in [0.1, 0.15) is 21.6 Å². The fourth-order valence-corrected chi connectivity index (χ4v) is 2.60. The van der Waals surface area contributed by atoms with Crippen LogP contribution in [0.25, 0.3) is 5.69 Å². The van der Waals surface area contributed by atoms with E-state index in [2.05, 4.69) is 15.4 Å². The summed E-state index contributed by atoms with van der Waals surface area (Å²) in [7, 11) is 1.56. The molecule has 0 saturated carbocycles. The van der Waals surface area contributed by atoms with Gasteiger partial charge in [-0.1, -0.05) is 23.7 Å². The molecule has 1 N–H and O–H groups in total. The standard InChI is InChI=1S/C18H17ClN4O2/c1-12-16(11-22-23(12)15-5-3-4-14(19)8-15)18(24)21-10-13-6-7-17(25-2)20-9-13/h3-9,11H,10H2,1-2H3,(H,21,24). The number of benzene rings is 1. The van der Waals surface area contributed by atoms with Crippen LogP contribution in [0.4, 0.5) is 0 Å². The van der Waals surface area contributed by atoms with Crippen LogP contribution in [0.5, 0.6) is 5.88 Å². The number of nitrogens with zero attached hydrogens (tertiary/aromatic N) is 3. The van der Waals surface area contributed by atoms with E-state index in [1.54, 1.807) is 42.4 Å². The maximum Gasteiger partial charge on any atom is 0.255 e. The Labute approximate surface area is 150 Å². The van der Waals surface area contributed by atoms with E-state index >= 15 is 0 Å². The molecule has 0 unspecified atom stereocenters. The molecule has 128 valence electrons. The molecule has 2 heterocycles. The minimum Gasteiger partial charge on any atom is -0.481 e. The molecule has 0 aliphatic carbocycles. The number of hydrogen-bond donors (Lipinski definition) is 1. The lowest BCUT2D eigenvalue weighted by atomic mass is 10.2. The molecule has 7 heteroatoms. The van der Waals surface area contributed by atoms with Gasteiger partial charge in [0.2, 0.25) is 5.88 Å². The van der Waals surface area contributed by atoms with E-state index in [1.807, 2.05) is 25.1 Å². The van der Waals surface area contributed by atoms with Crippen LogP contribution < -0.4 is 10.1 Å². The number of aromatic nitrogens is 3. The van der Waals surface area contributed by atoms with Gasteiger partial charge in [-0.25, -0.2) is 9.67 Å². The van der Waals surface area contributed by atoms with E-state index in [-0.39, 0.29) is 5.91 Å². The van der Waals surface area contributed by atoms with Crippen molar-refractivity contribution >= 4 is 17.5 Å². The smallest absolute Gasteiger partial charge is 0.255 e. The number of nitrogens with one attached hydrogen (secondary N) is 1. The van der Waals surface area contributed by atoms with Gasteiger partial charge < -0.3 is 10.1 Å². The third-order valence-corrected chi connectivity index (χ3v) is 4.00. The summed E-state index contributed by atoms with van der Waals surface area (Å²) in [4.78, 5) is 16.6. The average molecular weight is 357 g/mol. The van der Waals surface area contributed by atoms with E-state index in [4.69, 9.17) is 16.3 Å². The van der Waals surface area contributed by atoms with Crippen molar-refractivity contribution in [3.8, 4) is 11.6 Å². The first-order valence-electron chi connectivity index (χ1n) is 7.66. The van der Waals surface area contributed by atoms with Gasteiger partial charge in [0, 0.05) is 23.8 Å². The van der Waals surface area contributed by atoms with Crippen molar-refractivity contribution in [2.75, 3.05) is 7.11 Å². The summed E-state index contributed by atoms with van der Waals surface area (Å²) in [6.45, 7) is 2.22. The summed E-state index contributed by atoms with van der Waals surface area (Å²) in [6.07, 6.45) is 3.22. The summed E-state index contributed by atoms with van der Waals surface area (Å²) in [5.41, 5.74) is 2.95. The molecule has 0 radical (unpaired) electrons. The van der Waals surface area contributed by atoms with Gasteiger partial charge in [0.25, 0.3) is 5.91 Å². The second-order valence-corrected chi connectivity index (χ2v) is 5.86. The number of methoxy groups -OCH3 is 1. The first-order valence-corrected chi connectivity index (χ1v) is 8.04. The molecule has 3 aromatic rings. The molecule has 2 aromatic heterocycles. The van der Waals surface area contributed by atoms with E-state index in [1.165, 1.54) is 0 Å². The number of rotatable bonds is 5. The van der Waals surface area contributed by atoms with Gasteiger partial charge in [-0.2, -0.15) is 5.10 Å². The molecule has 3 rings (SSSR count). The van der Waals surface area contributed by atoms with Crippen LogP contribution in [0, 0.1) is 6.92 Å². The Bertz CT molecular complexity index is 890. The normalized spacial score (nSPS) is 10.5. The SMILES string of the molecule is COc1ccc(CNC(=O)c2cnn(-c3cccc(Cl)c3)c2C)cn1. The van der Waals surface area contributed by atoms with E-state index in [0.29, 0.717) is 23.0 Å². The minimum atomic E-state index is -0.193. The first kappa shape index (κ1) is 17.0. The molecule has 0 aliphatic rings. The van der Waals surface area contributed by atoms with Crippen molar-refractivity contribution in [3.63, 3.8) is 0 Å². The van der Waals surface area contributed by atoms with Crippen molar-refractivity contribution in [1.82, 2.24) is 20.1 Å². The zero-order valence-electron chi connectivity index (χ0n) is 13.9. The topological polar surface area (TPSA) is 69.0 Å². The second kappa shape index (κ2) is 7.36. The summed E-state index contributed by atoms with van der Waals surface area (Å²) in [6, 6.07) is 10.9. The Hall–Kier alpha value is -2.86. The Morgan fingerprint density at radius 3 is 2.80 bits per heavy atom. The molecule has 0 aliphatic heterocycles. The third-order valence-electron chi connectivity index (χ3n) is 3.77. The summed E-state index contributed by atoms with van der Waals surface area (Å²) >= 11 is 6.02. The summed E-state index contributed by atoms with van der Waals surface area (Å²) in [5, 5.41) is 7.78. The molecule has 0 atom stereocenters. The zero-order chi connectivity index (χ0) is 17.8. The molecule has 0 saturated heterocycles. The van der Waals surface area contributed by atoms with Crippen molar-refractivity contribution < 1.29 is 9.53 Å². The number of ether oxygens (including phenoxy) is 1. The highest BCUT2D eigenvalue weighted by Gasteiger charge is 2.15. The van der Waals surface area contributed by atoms with Crippen LogP contribution >= 0.6 is 11.6 Å².